The Bertz CT molecular complexity index is 822. The normalized spacial score (nSPS) is 10.7. The van der Waals surface area contributed by atoms with Crippen molar-refractivity contribution >= 4 is 5.52 Å². The standard InChI is InChI=1S/C13H12N4O3/c1-19-11-4-3-8(5-12(11)20-2)9-6-10-13(18)15-14-7-17(10)16-9/h3-7H,1-2H3,(H,15,18). The second-order valence-corrected chi connectivity index (χ2v) is 4.11. The smallest absolute Gasteiger partial charge is 0.290 e. The lowest BCUT2D eigenvalue weighted by Gasteiger charge is -2.08. The fourth-order valence-electron chi connectivity index (χ4n) is 1.99. The van der Waals surface area contributed by atoms with Crippen molar-refractivity contribution in [2.45, 2.75) is 0 Å². The van der Waals surface area contributed by atoms with Crippen molar-refractivity contribution in [3.8, 4) is 22.8 Å². The van der Waals surface area contributed by atoms with Crippen LogP contribution in [-0.4, -0.2) is 34.0 Å². The lowest BCUT2D eigenvalue weighted by Crippen LogP contribution is -2.10. The molecule has 20 heavy (non-hydrogen) atoms. The van der Waals surface area contributed by atoms with E-state index in [0.717, 1.165) is 5.56 Å². The zero-order valence-electron chi connectivity index (χ0n) is 11.0. The second kappa shape index (κ2) is 4.69. The fraction of sp³-hybridized carbons (Fsp3) is 0.154. The number of hydrogen-bond acceptors (Lipinski definition) is 5. The predicted molar refractivity (Wildman–Crippen MR) is 72.1 cm³/mol. The maximum Gasteiger partial charge on any atom is 0.290 e. The van der Waals surface area contributed by atoms with Crippen LogP contribution in [0.3, 0.4) is 0 Å². The summed E-state index contributed by atoms with van der Waals surface area (Å²) in [5.74, 6) is 1.24. The minimum Gasteiger partial charge on any atom is -0.493 e. The van der Waals surface area contributed by atoms with Crippen LogP contribution in [0.5, 0.6) is 11.5 Å². The first kappa shape index (κ1) is 12.2. The molecule has 0 unspecified atom stereocenters. The number of aromatic amines is 1. The highest BCUT2D eigenvalue weighted by Crippen LogP contribution is 2.31. The molecular formula is C13H12N4O3. The lowest BCUT2D eigenvalue weighted by molar-refractivity contribution is 0.355. The molecular weight excluding hydrogens is 260 g/mol. The van der Waals surface area contributed by atoms with E-state index in [9.17, 15) is 4.79 Å². The molecule has 0 spiro atoms. The van der Waals surface area contributed by atoms with Gasteiger partial charge in [0.1, 0.15) is 11.8 Å². The Morgan fingerprint density at radius 2 is 1.95 bits per heavy atom. The van der Waals surface area contributed by atoms with Crippen LogP contribution < -0.4 is 15.0 Å². The fourth-order valence-corrected chi connectivity index (χ4v) is 1.99. The van der Waals surface area contributed by atoms with Crippen LogP contribution in [0, 0.1) is 0 Å². The monoisotopic (exact) mass is 272 g/mol. The quantitative estimate of drug-likeness (QED) is 0.772. The van der Waals surface area contributed by atoms with E-state index in [1.165, 1.54) is 10.8 Å². The van der Waals surface area contributed by atoms with Crippen molar-refractivity contribution < 1.29 is 9.47 Å². The van der Waals surface area contributed by atoms with Crippen LogP contribution in [0.15, 0.2) is 35.4 Å². The highest BCUT2D eigenvalue weighted by molar-refractivity contribution is 5.68. The van der Waals surface area contributed by atoms with E-state index in [1.54, 1.807) is 26.4 Å². The number of aromatic nitrogens is 4. The van der Waals surface area contributed by atoms with Crippen LogP contribution in [0.2, 0.25) is 0 Å². The number of methoxy groups -OCH3 is 2. The molecule has 1 N–H and O–H groups in total. The van der Waals surface area contributed by atoms with E-state index in [-0.39, 0.29) is 5.56 Å². The molecule has 0 bridgehead atoms. The van der Waals surface area contributed by atoms with E-state index >= 15 is 0 Å². The van der Waals surface area contributed by atoms with E-state index in [0.29, 0.717) is 22.7 Å². The van der Waals surface area contributed by atoms with E-state index < -0.39 is 0 Å². The molecule has 1 aromatic carbocycles. The van der Waals surface area contributed by atoms with Crippen molar-refractivity contribution in [1.82, 2.24) is 19.8 Å². The molecule has 0 aliphatic rings. The third-order valence-electron chi connectivity index (χ3n) is 2.98. The summed E-state index contributed by atoms with van der Waals surface area (Å²) in [6.07, 6.45) is 1.45. The maximum atomic E-state index is 11.6. The van der Waals surface area contributed by atoms with Crippen LogP contribution >= 0.6 is 0 Å². The highest BCUT2D eigenvalue weighted by Gasteiger charge is 2.10. The van der Waals surface area contributed by atoms with E-state index in [2.05, 4.69) is 15.3 Å². The van der Waals surface area contributed by atoms with Gasteiger partial charge in [0, 0.05) is 5.56 Å². The summed E-state index contributed by atoms with van der Waals surface area (Å²) >= 11 is 0. The molecule has 0 fully saturated rings. The maximum absolute atomic E-state index is 11.6. The Hall–Kier alpha value is -2.83. The molecule has 3 rings (SSSR count). The highest BCUT2D eigenvalue weighted by atomic mass is 16.5. The summed E-state index contributed by atoms with van der Waals surface area (Å²) in [6, 6.07) is 7.15. The van der Waals surface area contributed by atoms with Gasteiger partial charge in [-0.2, -0.15) is 10.2 Å². The number of nitrogens with zero attached hydrogens (tertiary/aromatic N) is 3. The largest absolute Gasteiger partial charge is 0.493 e. The summed E-state index contributed by atoms with van der Waals surface area (Å²) in [5.41, 5.74) is 1.63. The van der Waals surface area contributed by atoms with Gasteiger partial charge >= 0.3 is 0 Å². The SMILES string of the molecule is COc1ccc(-c2cc3c(=O)[nH]ncn3n2)cc1OC. The summed E-state index contributed by atoms with van der Waals surface area (Å²) < 4.78 is 11.9. The number of rotatable bonds is 3. The first-order chi connectivity index (χ1) is 9.72. The Morgan fingerprint density at radius 1 is 1.15 bits per heavy atom. The second-order valence-electron chi connectivity index (χ2n) is 4.11. The number of nitrogens with one attached hydrogen (secondary N) is 1. The number of fused-ring (bicyclic) bond motifs is 1. The molecule has 7 nitrogen and oxygen atoms in total. The molecule has 0 amide bonds. The molecule has 0 saturated carbocycles. The van der Waals surface area contributed by atoms with Crippen LogP contribution in [0.25, 0.3) is 16.8 Å². The molecule has 2 aromatic heterocycles. The molecule has 102 valence electrons. The summed E-state index contributed by atoms with van der Waals surface area (Å²) in [4.78, 5) is 11.6. The minimum absolute atomic E-state index is 0.285. The predicted octanol–water partition coefficient (Wildman–Crippen LogP) is 1.10. The lowest BCUT2D eigenvalue weighted by atomic mass is 10.1. The Balaban J connectivity index is 2.15. The van der Waals surface area contributed by atoms with Gasteiger partial charge in [-0.3, -0.25) is 4.79 Å². The molecule has 0 atom stereocenters. The zero-order chi connectivity index (χ0) is 14.1. The van der Waals surface area contributed by atoms with Crippen molar-refractivity contribution in [3.63, 3.8) is 0 Å². The van der Waals surface area contributed by atoms with Crippen LogP contribution in [0.1, 0.15) is 0 Å². The molecule has 0 saturated heterocycles. The van der Waals surface area contributed by atoms with Crippen LogP contribution in [-0.2, 0) is 0 Å². The van der Waals surface area contributed by atoms with Crippen molar-refractivity contribution in [2.75, 3.05) is 14.2 Å². The molecule has 0 aliphatic heterocycles. The Labute approximate surface area is 113 Å². The van der Waals surface area contributed by atoms with E-state index in [4.69, 9.17) is 9.47 Å². The topological polar surface area (TPSA) is 81.5 Å². The van der Waals surface area contributed by atoms with Crippen LogP contribution in [0.4, 0.5) is 0 Å². The Kier molecular flexibility index (Phi) is 2.86. The zero-order valence-corrected chi connectivity index (χ0v) is 11.0. The van der Waals surface area contributed by atoms with Gasteiger partial charge in [0.05, 0.1) is 19.9 Å². The van der Waals surface area contributed by atoms with Gasteiger partial charge in [-0.25, -0.2) is 9.61 Å². The molecule has 0 radical (unpaired) electrons. The third kappa shape index (κ3) is 1.89. The van der Waals surface area contributed by atoms with Crippen molar-refractivity contribution in [2.24, 2.45) is 0 Å². The average Bonchev–Trinajstić information content (AvgIpc) is 2.92. The summed E-state index contributed by atoms with van der Waals surface area (Å²) in [5, 5.41) is 10.4. The first-order valence-corrected chi connectivity index (χ1v) is 5.88. The number of H-pyrrole nitrogens is 1. The van der Waals surface area contributed by atoms with Gasteiger partial charge in [-0.1, -0.05) is 0 Å². The first-order valence-electron chi connectivity index (χ1n) is 5.88. The van der Waals surface area contributed by atoms with Crippen molar-refractivity contribution in [1.29, 1.82) is 0 Å². The molecule has 7 heteroatoms. The van der Waals surface area contributed by atoms with Gasteiger partial charge < -0.3 is 9.47 Å². The Morgan fingerprint density at radius 3 is 2.65 bits per heavy atom. The molecule has 3 aromatic rings. The third-order valence-corrected chi connectivity index (χ3v) is 2.98. The molecule has 2 heterocycles. The van der Waals surface area contributed by atoms with Gasteiger partial charge in [-0.15, -0.1) is 0 Å². The van der Waals surface area contributed by atoms with E-state index in [1.807, 2.05) is 12.1 Å². The van der Waals surface area contributed by atoms with Crippen molar-refractivity contribution in [3.05, 3.63) is 40.9 Å². The summed E-state index contributed by atoms with van der Waals surface area (Å²) in [6.45, 7) is 0. The van der Waals surface area contributed by atoms with Gasteiger partial charge in [0.15, 0.2) is 11.5 Å². The van der Waals surface area contributed by atoms with Gasteiger partial charge in [-0.05, 0) is 24.3 Å². The number of benzene rings is 1. The average molecular weight is 272 g/mol. The minimum atomic E-state index is -0.285. The molecule has 0 aliphatic carbocycles. The number of hydrogen-bond donors (Lipinski definition) is 1. The van der Waals surface area contributed by atoms with Gasteiger partial charge in [0.25, 0.3) is 5.56 Å². The van der Waals surface area contributed by atoms with Gasteiger partial charge in [0.2, 0.25) is 0 Å². The summed E-state index contributed by atoms with van der Waals surface area (Å²) in [7, 11) is 3.15. The number of ether oxygens (including phenoxy) is 2.